The van der Waals surface area contributed by atoms with Crippen LogP contribution in [-0.4, -0.2) is 65.0 Å². The standard InChI is InChI=1S/C37H47NO6S2/c1-6-45-36(46-7-2)34(43-23-29-16-12-9-13-17-29)27(4)26(3)33(42-24-30-18-20-32(41-5)21-19-30)35(39)38-31(25-44-37(38)40)22-28-14-10-8-11-15-28/h8-21,26-27,31,33-34,36H,6-7,22-25H2,1-5H3/t26-,27+,31-,33+,34-/m1/s1. The molecule has 7 nitrogen and oxygen atoms in total. The van der Waals surface area contributed by atoms with Gasteiger partial charge in [-0.25, -0.2) is 9.69 Å². The molecule has 1 fully saturated rings. The van der Waals surface area contributed by atoms with Gasteiger partial charge < -0.3 is 18.9 Å². The molecule has 9 heteroatoms. The zero-order valence-electron chi connectivity index (χ0n) is 27.5. The Morgan fingerprint density at radius 1 is 0.826 bits per heavy atom. The predicted molar refractivity (Wildman–Crippen MR) is 187 cm³/mol. The van der Waals surface area contributed by atoms with E-state index >= 15 is 0 Å². The van der Waals surface area contributed by atoms with E-state index in [1.165, 1.54) is 4.90 Å². The van der Waals surface area contributed by atoms with Gasteiger partial charge in [-0.2, -0.15) is 0 Å². The van der Waals surface area contributed by atoms with Crippen molar-refractivity contribution in [1.29, 1.82) is 0 Å². The van der Waals surface area contributed by atoms with Crippen molar-refractivity contribution in [3.8, 4) is 5.75 Å². The van der Waals surface area contributed by atoms with Gasteiger partial charge in [0.25, 0.3) is 5.91 Å². The molecular formula is C37H47NO6S2. The highest BCUT2D eigenvalue weighted by Gasteiger charge is 2.45. The third-order valence-corrected chi connectivity index (χ3v) is 11.1. The zero-order valence-corrected chi connectivity index (χ0v) is 29.1. The van der Waals surface area contributed by atoms with Gasteiger partial charge in [-0.1, -0.05) is 100 Å². The summed E-state index contributed by atoms with van der Waals surface area (Å²) in [7, 11) is 1.63. The second-order valence-electron chi connectivity index (χ2n) is 11.5. The van der Waals surface area contributed by atoms with Crippen LogP contribution in [0.1, 0.15) is 44.4 Å². The van der Waals surface area contributed by atoms with Crippen molar-refractivity contribution in [2.75, 3.05) is 25.2 Å². The number of nitrogens with zero attached hydrogens (tertiary/aromatic N) is 1. The molecular weight excluding hydrogens is 619 g/mol. The number of hydrogen-bond donors (Lipinski definition) is 0. The maximum atomic E-state index is 14.5. The summed E-state index contributed by atoms with van der Waals surface area (Å²) in [5.41, 5.74) is 3.04. The molecule has 0 unspecified atom stereocenters. The Bertz CT molecular complexity index is 1340. The van der Waals surface area contributed by atoms with E-state index < -0.39 is 18.2 Å². The second kappa shape index (κ2) is 18.4. The van der Waals surface area contributed by atoms with Crippen LogP contribution in [0.3, 0.4) is 0 Å². The van der Waals surface area contributed by atoms with Crippen molar-refractivity contribution in [2.24, 2.45) is 11.8 Å². The average Bonchev–Trinajstić information content (AvgIpc) is 3.45. The lowest BCUT2D eigenvalue weighted by molar-refractivity contribution is -0.149. The highest BCUT2D eigenvalue weighted by atomic mass is 32.2. The lowest BCUT2D eigenvalue weighted by atomic mass is 9.85. The summed E-state index contributed by atoms with van der Waals surface area (Å²) in [6.45, 7) is 9.32. The van der Waals surface area contributed by atoms with Crippen molar-refractivity contribution in [1.82, 2.24) is 4.90 Å². The fraction of sp³-hybridized carbons (Fsp3) is 0.459. The van der Waals surface area contributed by atoms with Gasteiger partial charge in [-0.3, -0.25) is 4.79 Å². The monoisotopic (exact) mass is 665 g/mol. The maximum Gasteiger partial charge on any atom is 0.417 e. The molecule has 3 aromatic rings. The smallest absolute Gasteiger partial charge is 0.417 e. The molecule has 0 aromatic heterocycles. The summed E-state index contributed by atoms with van der Waals surface area (Å²) in [6.07, 6.45) is -1.18. The van der Waals surface area contributed by atoms with Crippen LogP contribution in [0.25, 0.3) is 0 Å². The molecule has 0 N–H and O–H groups in total. The van der Waals surface area contributed by atoms with Crippen molar-refractivity contribution >= 4 is 35.5 Å². The van der Waals surface area contributed by atoms with Gasteiger partial charge in [-0.15, -0.1) is 23.5 Å². The fourth-order valence-electron chi connectivity index (χ4n) is 5.65. The number of ether oxygens (including phenoxy) is 4. The van der Waals surface area contributed by atoms with Crippen LogP contribution >= 0.6 is 23.5 Å². The van der Waals surface area contributed by atoms with Crippen LogP contribution in [0.2, 0.25) is 0 Å². The molecule has 0 aliphatic carbocycles. The number of hydrogen-bond acceptors (Lipinski definition) is 8. The van der Waals surface area contributed by atoms with E-state index in [1.807, 2.05) is 103 Å². The molecule has 5 atom stereocenters. The Hall–Kier alpha value is -2.98. The Morgan fingerprint density at radius 3 is 1.98 bits per heavy atom. The number of rotatable bonds is 18. The molecule has 0 radical (unpaired) electrons. The Labute approximate surface area is 282 Å². The number of methoxy groups -OCH3 is 1. The van der Waals surface area contributed by atoms with E-state index in [1.54, 1.807) is 7.11 Å². The Morgan fingerprint density at radius 2 is 1.39 bits per heavy atom. The Balaban J connectivity index is 1.62. The summed E-state index contributed by atoms with van der Waals surface area (Å²) in [6, 6.07) is 27.2. The van der Waals surface area contributed by atoms with E-state index in [4.69, 9.17) is 18.9 Å². The first-order valence-electron chi connectivity index (χ1n) is 16.0. The molecule has 4 rings (SSSR count). The van der Waals surface area contributed by atoms with Crippen LogP contribution in [0.4, 0.5) is 4.79 Å². The molecule has 1 aliphatic rings. The van der Waals surface area contributed by atoms with Gasteiger partial charge in [0.2, 0.25) is 0 Å². The molecule has 2 amide bonds. The van der Waals surface area contributed by atoms with Crippen molar-refractivity contribution in [3.63, 3.8) is 0 Å². The number of imide groups is 1. The van der Waals surface area contributed by atoms with Crippen LogP contribution in [0.15, 0.2) is 84.9 Å². The molecule has 1 heterocycles. The normalized spacial score (nSPS) is 17.4. The summed E-state index contributed by atoms with van der Waals surface area (Å²) < 4.78 is 24.2. The van der Waals surface area contributed by atoms with Gasteiger partial charge in [0.1, 0.15) is 18.5 Å². The minimum Gasteiger partial charge on any atom is -0.497 e. The summed E-state index contributed by atoms with van der Waals surface area (Å²) in [5.74, 6) is 1.90. The van der Waals surface area contributed by atoms with Crippen molar-refractivity contribution < 1.29 is 28.5 Å². The quantitative estimate of drug-likeness (QED) is 0.127. The lowest BCUT2D eigenvalue weighted by Crippen LogP contribution is -2.51. The fourth-order valence-corrected chi connectivity index (χ4v) is 8.54. The number of carbonyl (C=O) groups is 2. The molecule has 0 saturated carbocycles. The van der Waals surface area contributed by atoms with Crippen molar-refractivity contribution in [2.45, 2.75) is 70.2 Å². The van der Waals surface area contributed by atoms with Crippen LogP contribution in [0, 0.1) is 11.8 Å². The summed E-state index contributed by atoms with van der Waals surface area (Å²) in [5, 5.41) is 0. The SMILES string of the molecule is CCSC(SCC)[C@H](OCc1ccccc1)[C@@H](C)[C@@H](C)[C@H](OCc1ccc(OC)cc1)C(=O)N1C(=O)OC[C@H]1Cc1ccccc1. The first kappa shape index (κ1) is 35.9. The van der Waals surface area contributed by atoms with Crippen LogP contribution < -0.4 is 4.74 Å². The molecule has 1 saturated heterocycles. The molecule has 0 bridgehead atoms. The van der Waals surface area contributed by atoms with E-state index in [-0.39, 0.29) is 41.6 Å². The van der Waals surface area contributed by atoms with Gasteiger partial charge in [0.05, 0.1) is 37.1 Å². The summed E-state index contributed by atoms with van der Waals surface area (Å²) in [4.78, 5) is 28.9. The third kappa shape index (κ3) is 9.77. The molecule has 0 spiro atoms. The van der Waals surface area contributed by atoms with E-state index in [0.29, 0.717) is 13.0 Å². The largest absolute Gasteiger partial charge is 0.497 e. The minimum atomic E-state index is -0.900. The zero-order chi connectivity index (χ0) is 32.9. The van der Waals surface area contributed by atoms with Gasteiger partial charge in [-0.05, 0) is 58.6 Å². The van der Waals surface area contributed by atoms with Crippen LogP contribution in [0.5, 0.6) is 5.75 Å². The van der Waals surface area contributed by atoms with E-state index in [0.717, 1.165) is 33.9 Å². The highest BCUT2D eigenvalue weighted by Crippen LogP contribution is 2.37. The molecule has 46 heavy (non-hydrogen) atoms. The second-order valence-corrected chi connectivity index (χ2v) is 14.6. The van der Waals surface area contributed by atoms with Gasteiger partial charge >= 0.3 is 6.09 Å². The van der Waals surface area contributed by atoms with Crippen LogP contribution in [-0.2, 0) is 38.6 Å². The number of amides is 2. The lowest BCUT2D eigenvalue weighted by Gasteiger charge is -2.38. The predicted octanol–water partition coefficient (Wildman–Crippen LogP) is 7.86. The number of benzene rings is 3. The molecule has 1 aliphatic heterocycles. The topological polar surface area (TPSA) is 74.3 Å². The van der Waals surface area contributed by atoms with E-state index in [2.05, 4.69) is 32.9 Å². The van der Waals surface area contributed by atoms with Gasteiger partial charge in [0.15, 0.2) is 0 Å². The number of carbonyl (C=O) groups excluding carboxylic acids is 2. The van der Waals surface area contributed by atoms with Crippen molar-refractivity contribution in [3.05, 3.63) is 102 Å². The highest BCUT2D eigenvalue weighted by molar-refractivity contribution is 8.17. The van der Waals surface area contributed by atoms with Gasteiger partial charge in [0, 0.05) is 0 Å². The Kier molecular flexibility index (Phi) is 14.3. The molecule has 3 aromatic carbocycles. The first-order valence-corrected chi connectivity index (χ1v) is 18.1. The molecule has 248 valence electrons. The summed E-state index contributed by atoms with van der Waals surface area (Å²) >= 11 is 3.73. The maximum absolute atomic E-state index is 14.5. The first-order chi connectivity index (χ1) is 22.4. The van der Waals surface area contributed by atoms with E-state index in [9.17, 15) is 9.59 Å². The average molecular weight is 666 g/mol. The third-order valence-electron chi connectivity index (χ3n) is 8.39. The number of cyclic esters (lactones) is 1. The minimum absolute atomic E-state index is 0.0807. The number of thioether (sulfide) groups is 2.